The van der Waals surface area contributed by atoms with Crippen LogP contribution in [0.15, 0.2) is 23.8 Å². The van der Waals surface area contributed by atoms with E-state index < -0.39 is 0 Å². The highest BCUT2D eigenvalue weighted by atomic mass is 13.9. The maximum Gasteiger partial charge on any atom is -0.0348 e. The maximum absolute atomic E-state index is 2.27. The molecule has 0 aliphatic heterocycles. The predicted octanol–water partition coefficient (Wildman–Crippen LogP) is 4.09. The third-order valence-electron chi connectivity index (χ3n) is 1.63. The normalized spacial score (nSPS) is 12.8. The molecule has 0 amide bonds. The van der Waals surface area contributed by atoms with Gasteiger partial charge in [0.1, 0.15) is 0 Å². The first-order chi connectivity index (χ1) is 5.31. The van der Waals surface area contributed by atoms with E-state index in [1.54, 1.807) is 0 Å². The fourth-order valence-electron chi connectivity index (χ4n) is 0.981. The molecule has 0 aliphatic rings. The molecule has 0 heterocycles. The van der Waals surface area contributed by atoms with E-state index in [1.165, 1.54) is 24.8 Å². The van der Waals surface area contributed by atoms with E-state index in [0.717, 1.165) is 6.42 Å². The highest BCUT2D eigenvalue weighted by Crippen LogP contribution is 2.00. The Morgan fingerprint density at radius 2 is 2.00 bits per heavy atom. The number of unbranched alkanes of at least 4 members (excludes halogenated alkanes) is 2. The lowest BCUT2D eigenvalue weighted by molar-refractivity contribution is 0.814. The summed E-state index contributed by atoms with van der Waals surface area (Å²) in [6.45, 7) is 6.55. The zero-order valence-corrected chi connectivity index (χ0v) is 8.06. The second kappa shape index (κ2) is 7.59. The van der Waals surface area contributed by atoms with Gasteiger partial charge in [-0.1, -0.05) is 50.5 Å². The molecule has 0 aromatic heterocycles. The molecule has 0 atom stereocenters. The van der Waals surface area contributed by atoms with Gasteiger partial charge in [-0.25, -0.2) is 0 Å². The Kier molecular flexibility index (Phi) is 7.23. The zero-order chi connectivity index (χ0) is 8.53. The van der Waals surface area contributed by atoms with Crippen LogP contribution in [0.1, 0.15) is 46.5 Å². The number of hydrogen-bond acceptors (Lipinski definition) is 0. The van der Waals surface area contributed by atoms with Crippen molar-refractivity contribution in [1.82, 2.24) is 0 Å². The van der Waals surface area contributed by atoms with Gasteiger partial charge in [0.15, 0.2) is 0 Å². The van der Waals surface area contributed by atoms with Crippen molar-refractivity contribution >= 4 is 0 Å². The molecule has 0 nitrogen and oxygen atoms in total. The Morgan fingerprint density at radius 3 is 2.55 bits per heavy atom. The molecule has 64 valence electrons. The Labute approximate surface area is 71.0 Å². The van der Waals surface area contributed by atoms with E-state index in [0.29, 0.717) is 0 Å². The molecule has 0 bridgehead atoms. The van der Waals surface area contributed by atoms with Crippen LogP contribution in [0.25, 0.3) is 0 Å². The summed E-state index contributed by atoms with van der Waals surface area (Å²) in [7, 11) is 0. The van der Waals surface area contributed by atoms with Gasteiger partial charge in [0, 0.05) is 0 Å². The maximum atomic E-state index is 2.27. The van der Waals surface area contributed by atoms with E-state index in [9.17, 15) is 0 Å². The van der Waals surface area contributed by atoms with Crippen LogP contribution in [0.4, 0.5) is 0 Å². The van der Waals surface area contributed by atoms with E-state index in [4.69, 9.17) is 0 Å². The zero-order valence-electron chi connectivity index (χ0n) is 8.06. The van der Waals surface area contributed by atoms with Gasteiger partial charge < -0.3 is 0 Å². The average molecular weight is 152 g/mol. The molecule has 0 aromatic carbocycles. The van der Waals surface area contributed by atoms with Crippen LogP contribution in [0.5, 0.6) is 0 Å². The summed E-state index contributed by atoms with van der Waals surface area (Å²) in [5, 5.41) is 0. The largest absolute Gasteiger partial charge is 0.0843 e. The van der Waals surface area contributed by atoms with Crippen LogP contribution >= 0.6 is 0 Å². The van der Waals surface area contributed by atoms with Gasteiger partial charge in [0.05, 0.1) is 0 Å². The van der Waals surface area contributed by atoms with Gasteiger partial charge in [0.2, 0.25) is 0 Å². The van der Waals surface area contributed by atoms with Gasteiger partial charge in [-0.3, -0.25) is 0 Å². The Bertz CT molecular complexity index is 129. The van der Waals surface area contributed by atoms with Gasteiger partial charge in [-0.05, 0) is 19.8 Å². The third kappa shape index (κ3) is 7.38. The average Bonchev–Trinajstić information content (AvgIpc) is 1.99. The second-order valence-corrected chi connectivity index (χ2v) is 2.90. The van der Waals surface area contributed by atoms with Crippen LogP contribution in [0.3, 0.4) is 0 Å². The summed E-state index contributed by atoms with van der Waals surface area (Å²) >= 11 is 0. The minimum Gasteiger partial charge on any atom is -0.0843 e. The quantitative estimate of drug-likeness (QED) is 0.411. The molecule has 0 saturated heterocycles. The summed E-state index contributed by atoms with van der Waals surface area (Å²) < 4.78 is 0. The lowest BCUT2D eigenvalue weighted by Gasteiger charge is -1.90. The van der Waals surface area contributed by atoms with Crippen LogP contribution < -0.4 is 0 Å². The topological polar surface area (TPSA) is 0 Å². The standard InChI is InChI=1S/C11H20/c1-4-6-7-8-10-11(3)9-5-2/h8-10H,4-7H2,1-3H3. The van der Waals surface area contributed by atoms with Gasteiger partial charge >= 0.3 is 0 Å². The molecule has 0 aromatic rings. The minimum atomic E-state index is 1.14. The van der Waals surface area contributed by atoms with Crippen molar-refractivity contribution in [3.8, 4) is 0 Å². The molecule has 0 unspecified atom stereocenters. The molecule has 0 aliphatic carbocycles. The smallest absolute Gasteiger partial charge is 0.0348 e. The molecule has 11 heavy (non-hydrogen) atoms. The first-order valence-corrected chi connectivity index (χ1v) is 4.64. The summed E-state index contributed by atoms with van der Waals surface area (Å²) in [6, 6.07) is 0. The Balaban J connectivity index is 3.48. The van der Waals surface area contributed by atoms with E-state index in [2.05, 4.69) is 39.0 Å². The lowest BCUT2D eigenvalue weighted by atomic mass is 10.2. The molecular weight excluding hydrogens is 132 g/mol. The van der Waals surface area contributed by atoms with Gasteiger partial charge in [-0.2, -0.15) is 0 Å². The summed E-state index contributed by atoms with van der Waals surface area (Å²) in [6.07, 6.45) is 11.7. The van der Waals surface area contributed by atoms with Crippen molar-refractivity contribution in [1.29, 1.82) is 0 Å². The Hall–Kier alpha value is -0.520. The van der Waals surface area contributed by atoms with Crippen molar-refractivity contribution in [3.05, 3.63) is 23.8 Å². The van der Waals surface area contributed by atoms with Crippen molar-refractivity contribution in [2.75, 3.05) is 0 Å². The Morgan fingerprint density at radius 1 is 1.27 bits per heavy atom. The molecule has 0 spiro atoms. The van der Waals surface area contributed by atoms with Crippen molar-refractivity contribution in [2.45, 2.75) is 46.5 Å². The highest BCUT2D eigenvalue weighted by molar-refractivity contribution is 5.15. The molecule has 0 fully saturated rings. The second-order valence-electron chi connectivity index (χ2n) is 2.90. The SMILES string of the molecule is CCC=C(C)C=CCCCC. The van der Waals surface area contributed by atoms with Crippen molar-refractivity contribution in [3.63, 3.8) is 0 Å². The third-order valence-corrected chi connectivity index (χ3v) is 1.63. The van der Waals surface area contributed by atoms with Crippen LogP contribution in [0, 0.1) is 0 Å². The van der Waals surface area contributed by atoms with Crippen molar-refractivity contribution < 1.29 is 0 Å². The number of allylic oxidation sites excluding steroid dienone is 4. The molecule has 0 rings (SSSR count). The van der Waals surface area contributed by atoms with Crippen molar-refractivity contribution in [2.24, 2.45) is 0 Å². The van der Waals surface area contributed by atoms with Crippen LogP contribution in [-0.2, 0) is 0 Å². The first-order valence-electron chi connectivity index (χ1n) is 4.64. The number of hydrogen-bond donors (Lipinski definition) is 0. The van der Waals surface area contributed by atoms with Crippen LogP contribution in [0.2, 0.25) is 0 Å². The monoisotopic (exact) mass is 152 g/mol. The summed E-state index contributed by atoms with van der Waals surface area (Å²) in [5.41, 5.74) is 1.39. The highest BCUT2D eigenvalue weighted by Gasteiger charge is 1.80. The molecule has 0 saturated carbocycles. The number of rotatable bonds is 5. The first kappa shape index (κ1) is 10.5. The lowest BCUT2D eigenvalue weighted by Crippen LogP contribution is -1.70. The van der Waals surface area contributed by atoms with E-state index in [-0.39, 0.29) is 0 Å². The molecule has 0 heteroatoms. The molecule has 0 radical (unpaired) electrons. The van der Waals surface area contributed by atoms with Crippen LogP contribution in [-0.4, -0.2) is 0 Å². The molecule has 0 N–H and O–H groups in total. The van der Waals surface area contributed by atoms with E-state index in [1.807, 2.05) is 0 Å². The fourth-order valence-corrected chi connectivity index (χ4v) is 0.981. The van der Waals surface area contributed by atoms with Gasteiger partial charge in [0.25, 0.3) is 0 Å². The predicted molar refractivity (Wildman–Crippen MR) is 52.7 cm³/mol. The summed E-state index contributed by atoms with van der Waals surface area (Å²) in [5.74, 6) is 0. The molecular formula is C11H20. The summed E-state index contributed by atoms with van der Waals surface area (Å²) in [4.78, 5) is 0. The minimum absolute atomic E-state index is 1.14. The fraction of sp³-hybridized carbons (Fsp3) is 0.636. The van der Waals surface area contributed by atoms with E-state index >= 15 is 0 Å². The van der Waals surface area contributed by atoms with Gasteiger partial charge in [-0.15, -0.1) is 0 Å².